The van der Waals surface area contributed by atoms with Crippen molar-refractivity contribution in [3.63, 3.8) is 0 Å². The molecule has 36 nitrogen and oxygen atoms in total. The van der Waals surface area contributed by atoms with Gasteiger partial charge in [0.15, 0.2) is 76.8 Å². The number of anilines is 3. The van der Waals surface area contributed by atoms with Crippen molar-refractivity contribution in [1.29, 1.82) is 0 Å². The number of nitrogens with zero attached hydrogens (tertiary/aromatic N) is 9. The van der Waals surface area contributed by atoms with E-state index in [0.717, 1.165) is 49.4 Å². The Hall–Kier alpha value is -7.15. The normalized spacial score (nSPS) is 26.8. The number of aliphatic hydroxyl groups excluding tert-OH is 1. The summed E-state index contributed by atoms with van der Waals surface area (Å²) >= 11 is 9.20. The van der Waals surface area contributed by atoms with Crippen LogP contribution < -0.4 is 32.6 Å². The number of alkyl halides is 3. The third-order valence-electron chi connectivity index (χ3n) is 16.3. The molecule has 564 valence electrons. The van der Waals surface area contributed by atoms with Gasteiger partial charge in [0, 0.05) is 28.4 Å². The van der Waals surface area contributed by atoms with Crippen molar-refractivity contribution in [2.45, 2.75) is 180 Å². The molecule has 0 spiro atoms. The van der Waals surface area contributed by atoms with Gasteiger partial charge < -0.3 is 38.6 Å². The van der Waals surface area contributed by atoms with E-state index in [1.54, 1.807) is 41.5 Å². The van der Waals surface area contributed by atoms with E-state index >= 15 is 8.78 Å². The van der Waals surface area contributed by atoms with Gasteiger partial charge in [0.2, 0.25) is 35.6 Å². The van der Waals surface area contributed by atoms with Crippen molar-refractivity contribution in [1.82, 2.24) is 58.6 Å². The number of aromatic nitrogens is 12. The van der Waals surface area contributed by atoms with Crippen LogP contribution in [0.25, 0.3) is 33.5 Å². The minimum atomic E-state index is -4.65. The number of nitrogens with one attached hydrogen (secondary N) is 6. The molecule has 4 aliphatic rings. The zero-order valence-electron chi connectivity index (χ0n) is 56.8. The lowest BCUT2D eigenvalue weighted by Gasteiger charge is -2.26. The van der Waals surface area contributed by atoms with Crippen LogP contribution >= 0.6 is 36.4 Å². The quantitative estimate of drug-likeness (QED) is 0.0214. The van der Waals surface area contributed by atoms with E-state index in [0.29, 0.717) is 10.8 Å². The summed E-state index contributed by atoms with van der Waals surface area (Å²) in [6.45, 7) is 10.4. The molecule has 45 heteroatoms. The summed E-state index contributed by atoms with van der Waals surface area (Å²) in [6, 6.07) is 3.97. The van der Waals surface area contributed by atoms with E-state index in [1.807, 2.05) is 39.8 Å². The number of rotatable bonds is 15. The highest BCUT2D eigenvalue weighted by Crippen LogP contribution is 2.59. The highest BCUT2D eigenvalue weighted by molar-refractivity contribution is 8.44. The van der Waals surface area contributed by atoms with Gasteiger partial charge in [-0.05, 0) is 46.3 Å². The van der Waals surface area contributed by atoms with Crippen LogP contribution in [0.3, 0.4) is 0 Å². The fourth-order valence-corrected chi connectivity index (χ4v) is 15.4. The van der Waals surface area contributed by atoms with E-state index in [2.05, 4.69) is 91.6 Å². The van der Waals surface area contributed by atoms with Gasteiger partial charge in [-0.15, -0.1) is 0 Å². The van der Waals surface area contributed by atoms with Crippen LogP contribution in [0.15, 0.2) is 50.4 Å². The molecule has 0 saturated carbocycles. The molecule has 1 aromatic carbocycles. The molecule has 6 aromatic heterocycles. The van der Waals surface area contributed by atoms with Crippen molar-refractivity contribution >= 4 is 133 Å². The van der Waals surface area contributed by atoms with Crippen LogP contribution in [0.5, 0.6) is 0 Å². The second kappa shape index (κ2) is 31.9. The lowest BCUT2D eigenvalue weighted by Crippen LogP contribution is -2.34. The number of amides is 3. The van der Waals surface area contributed by atoms with Crippen LogP contribution in [0.4, 0.5) is 35.8 Å². The number of fused-ring (bicyclic) bond motifs is 7. The van der Waals surface area contributed by atoms with Crippen LogP contribution in [0, 0.1) is 17.8 Å². The van der Waals surface area contributed by atoms with E-state index in [1.165, 1.54) is 0 Å². The molecule has 4 fully saturated rings. The van der Waals surface area contributed by atoms with Gasteiger partial charge in [0.25, 0.3) is 25.7 Å². The number of ether oxygens (including phenoxy) is 4. The third kappa shape index (κ3) is 17.9. The smallest absolute Gasteiger partial charge is 0.450 e. The summed E-state index contributed by atoms with van der Waals surface area (Å²) in [5.74, 6) is -2.75. The number of imidazole rings is 3. The number of carbonyl (C=O) groups is 4. The van der Waals surface area contributed by atoms with E-state index in [4.69, 9.17) is 59.9 Å². The second-order valence-corrected chi connectivity index (χ2v) is 34.0. The molecule has 9 N–H and O–H groups in total. The molecular weight excluding hydrogens is 1490 g/mol. The van der Waals surface area contributed by atoms with Crippen LogP contribution in [0.2, 0.25) is 0 Å². The first kappa shape index (κ1) is 80.0. The van der Waals surface area contributed by atoms with Gasteiger partial charge in [0.05, 0.1) is 43.7 Å². The predicted octanol–water partition coefficient (Wildman–Crippen LogP) is 6.97. The summed E-state index contributed by atoms with van der Waals surface area (Å²) < 4.78 is 132. The average Bonchev–Trinajstić information content (AvgIpc) is 1.77. The Bertz CT molecular complexity index is 4580. The summed E-state index contributed by atoms with van der Waals surface area (Å²) in [7, 11) is 1.94. The van der Waals surface area contributed by atoms with Crippen molar-refractivity contribution < 1.29 is 97.5 Å². The molecule has 10 heterocycles. The standard InChI is InChI=1S/C28H34F2N10O12P2S2.C15H23ClO2S.C15H18FN5O7/c1-9(2)21(41)35-27-33-19-15(23(43)37-27)31-7-39(19)25-17-13(29)11(49-25)5-47-54(46,56)52-18-14(30)12(6-48-53(45,55)51-17)50-26(18)40-8-32-16-20(40)34-28(38-24(16)44)36-22(42)10(3)4;1-9(2)12-7-13(10(3)4)15(19(16,17)18)14(8-12)11(5)6;1-5(2)11(23)19-14-18-10-8(12(24)20-14)17-4-21(10)13-9(28-15(25)26)7(16)6(3-22)27-13/h7-14,17-18,25-26H,5-6H2,1-4H3,(H,45,55)(H,46,56)(H2,33,35,37,41,43)(H2,34,36,38,42,44);7-11H,1-6H3;4-7,9,13,22H,3H2,1-2H3,(H,25,26)(H2,18,19,20,23,24)/t11-,12-,13+,14+,17-,18-,25-,26-,53?,54?;;6-,7+,9-,13-/m1.1/s1. The Morgan fingerprint density at radius 2 is 1.03 bits per heavy atom. The number of benzene rings is 1. The number of aromatic amines is 3. The molecule has 4 bridgehead atoms. The minimum Gasteiger partial charge on any atom is -0.450 e. The monoisotopic (exact) mass is 1570 g/mol. The lowest BCUT2D eigenvalue weighted by atomic mass is 9.89. The molecular formula is C58H75ClF3N15O21P2S3. The Kier molecular flexibility index (Phi) is 24.8. The first-order valence-electron chi connectivity index (χ1n) is 31.8. The van der Waals surface area contributed by atoms with Crippen molar-refractivity contribution in [2.24, 2.45) is 17.8 Å². The molecule has 7 aromatic rings. The first-order valence-corrected chi connectivity index (χ1v) is 39.4. The van der Waals surface area contributed by atoms with E-state index in [-0.39, 0.29) is 69.1 Å². The molecule has 0 aliphatic carbocycles. The summed E-state index contributed by atoms with van der Waals surface area (Å²) in [4.78, 5) is 128. The summed E-state index contributed by atoms with van der Waals surface area (Å²) in [5, 5.41) is 25.4. The van der Waals surface area contributed by atoms with Gasteiger partial charge >= 0.3 is 19.7 Å². The fourth-order valence-electron chi connectivity index (χ4n) is 10.8. The summed E-state index contributed by atoms with van der Waals surface area (Å²) in [5.41, 5.74) is -0.470. The van der Waals surface area contributed by atoms with Gasteiger partial charge in [-0.25, -0.2) is 45.9 Å². The number of halogens is 4. The van der Waals surface area contributed by atoms with Crippen LogP contribution in [-0.2, 0) is 76.8 Å². The highest BCUT2D eigenvalue weighted by Gasteiger charge is 2.55. The van der Waals surface area contributed by atoms with E-state index in [9.17, 15) is 60.9 Å². The van der Waals surface area contributed by atoms with Crippen LogP contribution in [0.1, 0.15) is 136 Å². The van der Waals surface area contributed by atoms with Gasteiger partial charge in [0.1, 0.15) is 30.5 Å². The number of carbonyl (C=O) groups excluding carboxylic acids is 3. The predicted molar refractivity (Wildman–Crippen MR) is 368 cm³/mol. The topological polar surface area (TPSA) is 481 Å². The van der Waals surface area contributed by atoms with Crippen molar-refractivity contribution in [2.75, 3.05) is 35.8 Å². The Morgan fingerprint density at radius 3 is 1.38 bits per heavy atom. The molecule has 4 saturated heterocycles. The zero-order chi connectivity index (χ0) is 76.0. The SMILES string of the molecule is CC(C)C(=O)Nc1nc2c(ncn2[C@@H]2O[C@@H]3COP(O)(=S)O[C@@H]4[C@@H](F)[C@@H](COP(=O)(S)O[C@@H]2[C@H]3F)O[C@H]4n2cnc3c(=O)[nH]c(NC(=O)C(C)C)nc32)c(=O)[nH]1.CC(C)C(=O)Nc1nc2c(ncn2[C@@H]2O[C@H](CO)[C@H](F)[C@H]2OC(=O)O)c(=O)[nH]1.CC(C)c1cc(C(C)C)c(S(=O)(=O)Cl)c(C(C)C)c1. The number of hydrogen-bond acceptors (Lipinski definition) is 26. The maximum atomic E-state index is 16.3. The zero-order valence-corrected chi connectivity index (χ0v) is 61.9. The molecule has 103 heavy (non-hydrogen) atoms. The van der Waals surface area contributed by atoms with Crippen molar-refractivity contribution in [3.05, 3.63) is 78.9 Å². The molecule has 11 rings (SSSR count). The summed E-state index contributed by atoms with van der Waals surface area (Å²) in [6.07, 6.45) is -19.3. The second-order valence-electron chi connectivity index (χ2n) is 25.8. The maximum absolute atomic E-state index is 16.3. The van der Waals surface area contributed by atoms with Gasteiger partial charge in [-0.3, -0.25) is 86.9 Å². The van der Waals surface area contributed by atoms with Gasteiger partial charge in [-0.1, -0.05) is 107 Å². The molecule has 2 unspecified atom stereocenters. The van der Waals surface area contributed by atoms with Gasteiger partial charge in [-0.2, -0.15) is 15.0 Å². The lowest BCUT2D eigenvalue weighted by molar-refractivity contribution is -0.119. The average molecular weight is 1570 g/mol. The highest BCUT2D eigenvalue weighted by atomic mass is 35.7. The van der Waals surface area contributed by atoms with E-state index < -0.39 is 169 Å². The first-order chi connectivity index (χ1) is 48.1. The fraction of sp³-hybridized carbons (Fsp3) is 0.569. The third-order valence-corrected chi connectivity index (χ3v) is 20.9. The number of carboxylic acid groups (broad SMARTS) is 1. The molecule has 0 radical (unpaired) electrons. The molecule has 3 amide bonds. The molecule has 14 atom stereocenters. The number of hydrogen-bond donors (Lipinski definition) is 10. The minimum absolute atomic E-state index is 0.0856. The molecule has 4 aliphatic heterocycles. The number of aliphatic hydroxyl groups is 1. The number of H-pyrrole nitrogens is 3. The van der Waals surface area contributed by atoms with Crippen molar-refractivity contribution in [3.8, 4) is 0 Å². The number of thiol groups is 1. The maximum Gasteiger partial charge on any atom is 0.506 e. The Morgan fingerprint density at radius 1 is 0.650 bits per heavy atom. The Labute approximate surface area is 597 Å². The Balaban J connectivity index is 0.000000216. The largest absolute Gasteiger partial charge is 0.506 e. The van der Waals surface area contributed by atoms with Crippen LogP contribution in [-0.4, -0.2) is 181 Å².